The lowest BCUT2D eigenvalue weighted by atomic mass is 9.98. The predicted octanol–water partition coefficient (Wildman–Crippen LogP) is 7.03. The molecule has 5 aromatic carbocycles. The third kappa shape index (κ3) is 6.07. The normalized spacial score (nSPS) is 10.8. The molecule has 0 unspecified atom stereocenters. The third-order valence-electron chi connectivity index (χ3n) is 6.54. The number of ether oxygens (including phenoxy) is 4. The van der Waals surface area contributed by atoms with Gasteiger partial charge >= 0.3 is 11.9 Å². The molecule has 5 rings (SSSR count). The van der Waals surface area contributed by atoms with E-state index in [4.69, 9.17) is 18.9 Å². The van der Waals surface area contributed by atoms with Crippen molar-refractivity contribution in [2.24, 2.45) is 0 Å². The highest BCUT2D eigenvalue weighted by molar-refractivity contribution is 6.11. The van der Waals surface area contributed by atoms with E-state index in [1.807, 2.05) is 42.5 Å². The predicted molar refractivity (Wildman–Crippen MR) is 155 cm³/mol. The molecule has 0 amide bonds. The molecule has 0 N–H and O–H groups in total. The van der Waals surface area contributed by atoms with Crippen LogP contribution in [0.4, 0.5) is 0 Å². The SMILES string of the molecule is CCc1ccc2c(OCCOC(=O)c3ccccc3)c3ccccc3c(OCCOC(=O)c3ccccc3)c2c1. The van der Waals surface area contributed by atoms with Gasteiger partial charge in [-0.15, -0.1) is 0 Å². The summed E-state index contributed by atoms with van der Waals surface area (Å²) in [7, 11) is 0. The smallest absolute Gasteiger partial charge is 0.338 e. The minimum absolute atomic E-state index is 0.113. The van der Waals surface area contributed by atoms with Gasteiger partial charge in [-0.2, -0.15) is 0 Å². The Morgan fingerprint density at radius 1 is 0.525 bits per heavy atom. The van der Waals surface area contributed by atoms with Crippen molar-refractivity contribution in [3.63, 3.8) is 0 Å². The van der Waals surface area contributed by atoms with Crippen LogP contribution in [0.2, 0.25) is 0 Å². The molecule has 0 aromatic heterocycles. The Morgan fingerprint density at radius 3 is 1.48 bits per heavy atom. The van der Waals surface area contributed by atoms with Gasteiger partial charge in [-0.25, -0.2) is 9.59 Å². The van der Waals surface area contributed by atoms with E-state index < -0.39 is 0 Å². The van der Waals surface area contributed by atoms with Crippen LogP contribution in [0.5, 0.6) is 11.5 Å². The van der Waals surface area contributed by atoms with E-state index in [0.29, 0.717) is 22.6 Å². The zero-order chi connectivity index (χ0) is 27.7. The molecule has 6 heteroatoms. The van der Waals surface area contributed by atoms with Gasteiger partial charge in [0.05, 0.1) is 11.1 Å². The summed E-state index contributed by atoms with van der Waals surface area (Å²) in [6.45, 7) is 2.72. The van der Waals surface area contributed by atoms with E-state index in [0.717, 1.165) is 33.5 Å². The highest BCUT2D eigenvalue weighted by Crippen LogP contribution is 2.43. The first-order valence-electron chi connectivity index (χ1n) is 13.3. The highest BCUT2D eigenvalue weighted by Gasteiger charge is 2.17. The monoisotopic (exact) mass is 534 g/mol. The first-order chi connectivity index (χ1) is 19.7. The van der Waals surface area contributed by atoms with E-state index in [-0.39, 0.29) is 38.4 Å². The fourth-order valence-electron chi connectivity index (χ4n) is 4.55. The Labute approximate surface area is 233 Å². The molecule has 0 saturated heterocycles. The molecule has 202 valence electrons. The maximum Gasteiger partial charge on any atom is 0.338 e. The van der Waals surface area contributed by atoms with Crippen LogP contribution < -0.4 is 9.47 Å². The number of esters is 2. The lowest BCUT2D eigenvalue weighted by molar-refractivity contribution is 0.0443. The molecule has 0 aliphatic rings. The molecule has 0 atom stereocenters. The molecule has 5 aromatic rings. The first-order valence-corrected chi connectivity index (χ1v) is 13.3. The van der Waals surface area contributed by atoms with E-state index in [9.17, 15) is 9.59 Å². The van der Waals surface area contributed by atoms with Crippen LogP contribution in [0.15, 0.2) is 103 Å². The fourth-order valence-corrected chi connectivity index (χ4v) is 4.55. The van der Waals surface area contributed by atoms with Gasteiger partial charge in [-0.3, -0.25) is 0 Å². The van der Waals surface area contributed by atoms with Crippen molar-refractivity contribution in [1.82, 2.24) is 0 Å². The fraction of sp³-hybridized carbons (Fsp3) is 0.176. The van der Waals surface area contributed by atoms with Crippen molar-refractivity contribution in [2.75, 3.05) is 26.4 Å². The van der Waals surface area contributed by atoms with Crippen molar-refractivity contribution in [3.05, 3.63) is 120 Å². The van der Waals surface area contributed by atoms with Gasteiger partial charge in [0.1, 0.15) is 37.9 Å². The number of hydrogen-bond donors (Lipinski definition) is 0. The van der Waals surface area contributed by atoms with Gasteiger partial charge in [0.2, 0.25) is 0 Å². The van der Waals surface area contributed by atoms with Crippen molar-refractivity contribution in [3.8, 4) is 11.5 Å². The zero-order valence-electron chi connectivity index (χ0n) is 22.3. The third-order valence-corrected chi connectivity index (χ3v) is 6.54. The van der Waals surface area contributed by atoms with E-state index >= 15 is 0 Å². The molecule has 0 saturated carbocycles. The van der Waals surface area contributed by atoms with Crippen molar-refractivity contribution >= 4 is 33.5 Å². The summed E-state index contributed by atoms with van der Waals surface area (Å²) >= 11 is 0. The summed E-state index contributed by atoms with van der Waals surface area (Å²) in [6, 6.07) is 31.9. The van der Waals surface area contributed by atoms with Gasteiger partial charge in [-0.05, 0) is 42.3 Å². The van der Waals surface area contributed by atoms with Crippen LogP contribution in [0.25, 0.3) is 21.5 Å². The van der Waals surface area contributed by atoms with Gasteiger partial charge in [0.25, 0.3) is 0 Å². The van der Waals surface area contributed by atoms with Crippen LogP contribution >= 0.6 is 0 Å². The molecule has 0 aliphatic carbocycles. The van der Waals surface area contributed by atoms with E-state index in [1.165, 1.54) is 0 Å². The van der Waals surface area contributed by atoms with Gasteiger partial charge in [0, 0.05) is 21.5 Å². The molecule has 0 heterocycles. The molecule has 0 bridgehead atoms. The van der Waals surface area contributed by atoms with Crippen molar-refractivity contribution in [2.45, 2.75) is 13.3 Å². The second kappa shape index (κ2) is 12.8. The van der Waals surface area contributed by atoms with E-state index in [1.54, 1.807) is 48.5 Å². The largest absolute Gasteiger partial charge is 0.489 e. The maximum absolute atomic E-state index is 12.3. The second-order valence-electron chi connectivity index (χ2n) is 9.14. The van der Waals surface area contributed by atoms with Crippen LogP contribution in [0.1, 0.15) is 33.2 Å². The topological polar surface area (TPSA) is 71.1 Å². The summed E-state index contributed by atoms with van der Waals surface area (Å²) < 4.78 is 23.4. The van der Waals surface area contributed by atoms with Gasteiger partial charge < -0.3 is 18.9 Å². The quantitative estimate of drug-likeness (QED) is 0.103. The maximum atomic E-state index is 12.3. The Morgan fingerprint density at radius 2 is 0.975 bits per heavy atom. The second-order valence-corrected chi connectivity index (χ2v) is 9.14. The standard InChI is InChI=1S/C34H30O6/c1-2-24-17-18-29-30(23-24)32(38-20-22-40-34(36)26-13-7-4-8-14-26)28-16-10-9-15-27(28)31(29)37-19-21-39-33(35)25-11-5-3-6-12-25/h3-18,23H,2,19-22H2,1H3. The summed E-state index contributed by atoms with van der Waals surface area (Å²) in [5.41, 5.74) is 2.16. The van der Waals surface area contributed by atoms with Crippen LogP contribution in [-0.4, -0.2) is 38.4 Å². The van der Waals surface area contributed by atoms with Crippen molar-refractivity contribution < 1.29 is 28.5 Å². The van der Waals surface area contributed by atoms with Gasteiger partial charge in [0.15, 0.2) is 0 Å². The van der Waals surface area contributed by atoms with Crippen molar-refractivity contribution in [1.29, 1.82) is 0 Å². The summed E-state index contributed by atoms with van der Waals surface area (Å²) in [5, 5.41) is 3.56. The Bertz CT molecular complexity index is 1610. The molecular formula is C34H30O6. The number of aryl methyl sites for hydroxylation is 1. The number of carbonyl (C=O) groups excluding carboxylic acids is 2. The molecule has 0 aliphatic heterocycles. The van der Waals surface area contributed by atoms with E-state index in [2.05, 4.69) is 19.1 Å². The average molecular weight is 535 g/mol. The first kappa shape index (κ1) is 26.8. The van der Waals surface area contributed by atoms with Crippen LogP contribution in [0, 0.1) is 0 Å². The lowest BCUT2D eigenvalue weighted by Gasteiger charge is -2.18. The summed E-state index contributed by atoms with van der Waals surface area (Å²) in [5.74, 6) is 0.637. The summed E-state index contributed by atoms with van der Waals surface area (Å²) in [4.78, 5) is 24.6. The Balaban J connectivity index is 1.36. The number of rotatable bonds is 11. The number of carbonyl (C=O) groups is 2. The average Bonchev–Trinajstić information content (AvgIpc) is 3.02. The summed E-state index contributed by atoms with van der Waals surface area (Å²) in [6.07, 6.45) is 0.864. The Hall–Kier alpha value is -4.84. The number of hydrogen-bond acceptors (Lipinski definition) is 6. The van der Waals surface area contributed by atoms with Crippen LogP contribution in [-0.2, 0) is 15.9 Å². The Kier molecular flexibility index (Phi) is 8.57. The molecule has 0 fully saturated rings. The minimum atomic E-state index is -0.386. The number of fused-ring (bicyclic) bond motifs is 2. The zero-order valence-corrected chi connectivity index (χ0v) is 22.3. The minimum Gasteiger partial charge on any atom is -0.489 e. The highest BCUT2D eigenvalue weighted by atomic mass is 16.6. The molecule has 0 radical (unpaired) electrons. The lowest BCUT2D eigenvalue weighted by Crippen LogP contribution is -2.13. The molecule has 40 heavy (non-hydrogen) atoms. The number of benzene rings is 5. The molecule has 0 spiro atoms. The van der Waals surface area contributed by atoms with Crippen LogP contribution in [0.3, 0.4) is 0 Å². The molecule has 6 nitrogen and oxygen atoms in total. The molecular weight excluding hydrogens is 504 g/mol. The van der Waals surface area contributed by atoms with Gasteiger partial charge in [-0.1, -0.05) is 79.7 Å².